The van der Waals surface area contributed by atoms with Gasteiger partial charge in [0.15, 0.2) is 5.11 Å². The molecule has 0 bridgehead atoms. The van der Waals surface area contributed by atoms with Crippen LogP contribution in [0.25, 0.3) is 6.08 Å². The van der Waals surface area contributed by atoms with Crippen molar-refractivity contribution in [1.82, 2.24) is 10.2 Å². The van der Waals surface area contributed by atoms with Crippen LogP contribution in [0.5, 0.6) is 5.75 Å². The monoisotopic (exact) mass is 338 g/mol. The maximum atomic E-state index is 12.1. The highest BCUT2D eigenvalue weighted by molar-refractivity contribution is 9.10. The van der Waals surface area contributed by atoms with E-state index in [2.05, 4.69) is 27.8 Å². The molecule has 4 nitrogen and oxygen atoms in total. The first-order chi connectivity index (χ1) is 9.02. The molecule has 0 aromatic heterocycles. The predicted molar refractivity (Wildman–Crippen MR) is 81.4 cm³/mol. The van der Waals surface area contributed by atoms with Crippen molar-refractivity contribution in [3.63, 3.8) is 0 Å². The average Bonchev–Trinajstić information content (AvgIpc) is 2.62. The normalized spacial score (nSPS) is 16.9. The number of rotatable bonds is 3. The van der Waals surface area contributed by atoms with E-state index in [0.29, 0.717) is 22.9 Å². The Morgan fingerprint density at radius 1 is 1.53 bits per heavy atom. The van der Waals surface area contributed by atoms with Gasteiger partial charge in [0.05, 0.1) is 0 Å². The first-order valence-corrected chi connectivity index (χ1v) is 6.67. The Balaban J connectivity index is 2.34. The van der Waals surface area contributed by atoms with E-state index in [9.17, 15) is 9.90 Å². The summed E-state index contributed by atoms with van der Waals surface area (Å²) in [6.07, 6.45) is 3.17. The van der Waals surface area contributed by atoms with Gasteiger partial charge in [-0.1, -0.05) is 22.0 Å². The van der Waals surface area contributed by atoms with Crippen LogP contribution < -0.4 is 5.32 Å². The van der Waals surface area contributed by atoms with E-state index in [1.54, 1.807) is 30.4 Å². The molecule has 2 N–H and O–H groups in total. The van der Waals surface area contributed by atoms with Gasteiger partial charge in [-0.25, -0.2) is 0 Å². The summed E-state index contributed by atoms with van der Waals surface area (Å²) in [5, 5.41) is 12.9. The van der Waals surface area contributed by atoms with Crippen molar-refractivity contribution >= 4 is 45.2 Å². The van der Waals surface area contributed by atoms with E-state index in [1.165, 1.54) is 4.90 Å². The number of phenols is 1. The molecule has 1 aliphatic rings. The zero-order chi connectivity index (χ0) is 14.0. The number of carbonyl (C=O) groups is 1. The lowest BCUT2D eigenvalue weighted by Crippen LogP contribution is -2.30. The highest BCUT2D eigenvalue weighted by Gasteiger charge is 2.29. The second-order valence-electron chi connectivity index (χ2n) is 3.90. The second-order valence-corrected chi connectivity index (χ2v) is 5.20. The number of amides is 1. The van der Waals surface area contributed by atoms with Crippen LogP contribution >= 0.6 is 28.1 Å². The van der Waals surface area contributed by atoms with E-state index < -0.39 is 0 Å². The minimum absolute atomic E-state index is 0.0957. The number of thiocarbonyl (C=S) groups is 1. The number of hydrogen-bond donors (Lipinski definition) is 2. The number of halogens is 1. The summed E-state index contributed by atoms with van der Waals surface area (Å²) in [4.78, 5) is 13.5. The SMILES string of the molecule is C=CCN1C(=O)/C(=C/c2cc(Br)ccc2O)NC1=S. The van der Waals surface area contributed by atoms with Gasteiger partial charge in [-0.05, 0) is 36.5 Å². The molecule has 19 heavy (non-hydrogen) atoms. The van der Waals surface area contributed by atoms with Gasteiger partial charge in [0.1, 0.15) is 11.4 Å². The fraction of sp³-hybridized carbons (Fsp3) is 0.0769. The van der Waals surface area contributed by atoms with E-state index in [-0.39, 0.29) is 11.7 Å². The lowest BCUT2D eigenvalue weighted by molar-refractivity contribution is -0.122. The molecule has 1 aliphatic heterocycles. The lowest BCUT2D eigenvalue weighted by atomic mass is 10.1. The van der Waals surface area contributed by atoms with Crippen LogP contribution in [0.4, 0.5) is 0 Å². The van der Waals surface area contributed by atoms with Gasteiger partial charge in [-0.3, -0.25) is 9.69 Å². The maximum Gasteiger partial charge on any atom is 0.276 e. The second kappa shape index (κ2) is 5.54. The van der Waals surface area contributed by atoms with Crippen LogP contribution in [-0.4, -0.2) is 27.6 Å². The van der Waals surface area contributed by atoms with Gasteiger partial charge in [-0.2, -0.15) is 0 Å². The van der Waals surface area contributed by atoms with Crippen molar-refractivity contribution in [2.24, 2.45) is 0 Å². The van der Waals surface area contributed by atoms with Gasteiger partial charge in [0.25, 0.3) is 5.91 Å². The third-order valence-corrected chi connectivity index (χ3v) is 3.38. The molecule has 0 spiro atoms. The molecule has 1 aromatic rings. The van der Waals surface area contributed by atoms with Crippen molar-refractivity contribution in [2.75, 3.05) is 6.54 Å². The van der Waals surface area contributed by atoms with E-state index >= 15 is 0 Å². The summed E-state index contributed by atoms with van der Waals surface area (Å²) in [6, 6.07) is 4.99. The highest BCUT2D eigenvalue weighted by atomic mass is 79.9. The number of phenolic OH excluding ortho intramolecular Hbond substituents is 1. The zero-order valence-corrected chi connectivity index (χ0v) is 12.3. The Morgan fingerprint density at radius 3 is 2.95 bits per heavy atom. The molecular formula is C13H11BrN2O2S. The van der Waals surface area contributed by atoms with Crippen LogP contribution in [0.1, 0.15) is 5.56 Å². The predicted octanol–water partition coefficient (Wildman–Crippen LogP) is 2.40. The summed E-state index contributed by atoms with van der Waals surface area (Å²) in [6.45, 7) is 3.93. The lowest BCUT2D eigenvalue weighted by Gasteiger charge is -2.09. The molecule has 1 aromatic carbocycles. The third kappa shape index (κ3) is 2.85. The number of aromatic hydroxyl groups is 1. The molecule has 0 saturated carbocycles. The minimum atomic E-state index is -0.232. The van der Waals surface area contributed by atoms with Gasteiger partial charge in [-0.15, -0.1) is 6.58 Å². The van der Waals surface area contributed by atoms with E-state index in [1.807, 2.05) is 0 Å². The van der Waals surface area contributed by atoms with Gasteiger partial charge in [0, 0.05) is 16.6 Å². The highest BCUT2D eigenvalue weighted by Crippen LogP contribution is 2.25. The van der Waals surface area contributed by atoms with Crippen LogP contribution in [0.15, 0.2) is 41.0 Å². The Kier molecular flexibility index (Phi) is 4.01. The third-order valence-electron chi connectivity index (χ3n) is 2.56. The van der Waals surface area contributed by atoms with E-state index in [0.717, 1.165) is 4.47 Å². The van der Waals surface area contributed by atoms with Crippen molar-refractivity contribution in [3.05, 3.63) is 46.6 Å². The first-order valence-electron chi connectivity index (χ1n) is 5.47. The molecule has 0 radical (unpaired) electrons. The van der Waals surface area contributed by atoms with Gasteiger partial charge < -0.3 is 10.4 Å². The first kappa shape index (κ1) is 13.8. The van der Waals surface area contributed by atoms with Crippen LogP contribution in [0.3, 0.4) is 0 Å². The van der Waals surface area contributed by atoms with E-state index in [4.69, 9.17) is 12.2 Å². The van der Waals surface area contributed by atoms with Crippen molar-refractivity contribution < 1.29 is 9.90 Å². The summed E-state index contributed by atoms with van der Waals surface area (Å²) in [5.74, 6) is -0.136. The molecule has 1 heterocycles. The number of nitrogens with zero attached hydrogens (tertiary/aromatic N) is 1. The minimum Gasteiger partial charge on any atom is -0.507 e. The molecule has 6 heteroatoms. The summed E-state index contributed by atoms with van der Waals surface area (Å²) in [7, 11) is 0. The summed E-state index contributed by atoms with van der Waals surface area (Å²) < 4.78 is 0.813. The van der Waals surface area contributed by atoms with Crippen LogP contribution in [-0.2, 0) is 4.79 Å². The molecule has 0 atom stereocenters. The standard InChI is InChI=1S/C13H11BrN2O2S/c1-2-5-16-12(18)10(15-13(16)19)7-8-6-9(14)3-4-11(8)17/h2-4,6-7,17H,1,5H2,(H,15,19)/b10-7-. The summed E-state index contributed by atoms with van der Waals surface area (Å²) in [5.41, 5.74) is 0.869. The van der Waals surface area contributed by atoms with Gasteiger partial charge >= 0.3 is 0 Å². The molecule has 98 valence electrons. The topological polar surface area (TPSA) is 52.6 Å². The van der Waals surface area contributed by atoms with Crippen molar-refractivity contribution in [3.8, 4) is 5.75 Å². The Morgan fingerprint density at radius 2 is 2.26 bits per heavy atom. The smallest absolute Gasteiger partial charge is 0.276 e. The molecule has 1 saturated heterocycles. The Hall–Kier alpha value is -1.66. The molecule has 1 fully saturated rings. The fourth-order valence-electron chi connectivity index (χ4n) is 1.66. The Labute approximate surface area is 124 Å². The average molecular weight is 339 g/mol. The van der Waals surface area contributed by atoms with Crippen LogP contribution in [0, 0.1) is 0 Å². The largest absolute Gasteiger partial charge is 0.507 e. The molecular weight excluding hydrogens is 328 g/mol. The molecule has 0 aliphatic carbocycles. The number of hydrogen-bond acceptors (Lipinski definition) is 3. The molecule has 2 rings (SSSR count). The van der Waals surface area contributed by atoms with Crippen molar-refractivity contribution in [1.29, 1.82) is 0 Å². The van der Waals surface area contributed by atoms with Gasteiger partial charge in [0.2, 0.25) is 0 Å². The number of carbonyl (C=O) groups excluding carboxylic acids is 1. The maximum absolute atomic E-state index is 12.1. The molecule has 1 amide bonds. The molecule has 0 unspecified atom stereocenters. The van der Waals surface area contributed by atoms with Crippen molar-refractivity contribution in [2.45, 2.75) is 0 Å². The fourth-order valence-corrected chi connectivity index (χ4v) is 2.31. The quantitative estimate of drug-likeness (QED) is 0.504. The summed E-state index contributed by atoms with van der Waals surface area (Å²) >= 11 is 8.38. The zero-order valence-electron chi connectivity index (χ0n) is 9.89. The number of benzene rings is 1. The van der Waals surface area contributed by atoms with Crippen LogP contribution in [0.2, 0.25) is 0 Å². The Bertz CT molecular complexity index is 598. The number of nitrogens with one attached hydrogen (secondary N) is 1.